The molecule has 0 aliphatic heterocycles. The summed E-state index contributed by atoms with van der Waals surface area (Å²) in [6.45, 7) is 1.97. The molecule has 0 bridgehead atoms. The van der Waals surface area contributed by atoms with Crippen LogP contribution in [-0.4, -0.2) is 19.3 Å². The fraction of sp³-hybridized carbons (Fsp3) is 0.0476. The van der Waals surface area contributed by atoms with Crippen LogP contribution in [0.25, 0.3) is 10.2 Å². The summed E-state index contributed by atoms with van der Waals surface area (Å²) in [5.74, 6) is -0.346. The molecular weight excluding hydrogens is 406 g/mol. The summed E-state index contributed by atoms with van der Waals surface area (Å²) in [7, 11) is -3.73. The molecule has 0 atom stereocenters. The first-order valence-electron chi connectivity index (χ1n) is 8.78. The summed E-state index contributed by atoms with van der Waals surface area (Å²) in [5.41, 5.74) is 2.72. The number of sulfonamides is 1. The molecule has 4 rings (SSSR count). The molecule has 6 nitrogen and oxygen atoms in total. The smallest absolute Gasteiger partial charge is 0.261 e. The number of aryl methyl sites for hydroxylation is 1. The van der Waals surface area contributed by atoms with E-state index in [2.05, 4.69) is 15.0 Å². The van der Waals surface area contributed by atoms with Gasteiger partial charge < -0.3 is 0 Å². The van der Waals surface area contributed by atoms with Crippen LogP contribution in [-0.2, 0) is 10.0 Å². The van der Waals surface area contributed by atoms with Crippen molar-refractivity contribution in [2.75, 3.05) is 10.0 Å². The number of rotatable bonds is 5. The molecule has 0 spiro atoms. The van der Waals surface area contributed by atoms with Gasteiger partial charge >= 0.3 is 0 Å². The Hall–Kier alpha value is -3.23. The van der Waals surface area contributed by atoms with Gasteiger partial charge in [0.1, 0.15) is 0 Å². The molecule has 4 aromatic rings. The van der Waals surface area contributed by atoms with E-state index in [-0.39, 0.29) is 10.8 Å². The topological polar surface area (TPSA) is 88.2 Å². The standard InChI is InChI=1S/C21H17N3O3S2/c1-14-6-5-9-18-19(14)22-21(28-18)23-20(25)15-10-12-17(13-11-15)29(26,27)24-16-7-3-2-4-8-16/h2-13,24H,1H3,(H,22,23,25). The zero-order valence-corrected chi connectivity index (χ0v) is 17.0. The molecule has 29 heavy (non-hydrogen) atoms. The van der Waals surface area contributed by atoms with E-state index in [9.17, 15) is 13.2 Å². The number of nitrogens with zero attached hydrogens (tertiary/aromatic N) is 1. The fourth-order valence-corrected chi connectivity index (χ4v) is 4.81. The monoisotopic (exact) mass is 423 g/mol. The average molecular weight is 424 g/mol. The van der Waals surface area contributed by atoms with E-state index in [1.807, 2.05) is 25.1 Å². The molecule has 2 N–H and O–H groups in total. The number of nitrogens with one attached hydrogen (secondary N) is 2. The second-order valence-corrected chi connectivity index (χ2v) is 9.10. The van der Waals surface area contributed by atoms with E-state index >= 15 is 0 Å². The highest BCUT2D eigenvalue weighted by molar-refractivity contribution is 7.92. The number of aromatic nitrogens is 1. The molecule has 146 valence electrons. The number of thiazole rings is 1. The van der Waals surface area contributed by atoms with Crippen LogP contribution < -0.4 is 10.0 Å². The predicted octanol–water partition coefficient (Wildman–Crippen LogP) is 4.66. The van der Waals surface area contributed by atoms with Crippen molar-refractivity contribution in [2.45, 2.75) is 11.8 Å². The van der Waals surface area contributed by atoms with E-state index in [1.165, 1.54) is 35.6 Å². The zero-order valence-electron chi connectivity index (χ0n) is 15.4. The van der Waals surface area contributed by atoms with Gasteiger partial charge in [0, 0.05) is 11.3 Å². The zero-order chi connectivity index (χ0) is 20.4. The number of hydrogen-bond donors (Lipinski definition) is 2. The van der Waals surface area contributed by atoms with Crippen molar-refractivity contribution in [3.05, 3.63) is 83.9 Å². The van der Waals surface area contributed by atoms with Crippen LogP contribution in [0.3, 0.4) is 0 Å². The minimum atomic E-state index is -3.73. The molecule has 8 heteroatoms. The maximum absolute atomic E-state index is 12.5. The number of para-hydroxylation sites is 2. The highest BCUT2D eigenvalue weighted by Crippen LogP contribution is 2.28. The Morgan fingerprint density at radius 1 is 0.931 bits per heavy atom. The van der Waals surface area contributed by atoms with Crippen molar-refractivity contribution < 1.29 is 13.2 Å². The van der Waals surface area contributed by atoms with Crippen LogP contribution in [0.2, 0.25) is 0 Å². The van der Waals surface area contributed by atoms with Gasteiger partial charge in [-0.05, 0) is 55.0 Å². The number of carbonyl (C=O) groups excluding carboxylic acids is 1. The first-order valence-corrected chi connectivity index (χ1v) is 11.1. The molecule has 1 aromatic heterocycles. The van der Waals surface area contributed by atoms with Gasteiger partial charge in [0.15, 0.2) is 5.13 Å². The SMILES string of the molecule is Cc1cccc2sc(NC(=O)c3ccc(S(=O)(=O)Nc4ccccc4)cc3)nc12. The van der Waals surface area contributed by atoms with Crippen molar-refractivity contribution in [1.29, 1.82) is 0 Å². The number of hydrogen-bond acceptors (Lipinski definition) is 5. The van der Waals surface area contributed by atoms with Crippen LogP contribution in [0.15, 0.2) is 77.7 Å². The van der Waals surface area contributed by atoms with Gasteiger partial charge in [-0.1, -0.05) is 41.7 Å². The van der Waals surface area contributed by atoms with Crippen LogP contribution in [0.1, 0.15) is 15.9 Å². The van der Waals surface area contributed by atoms with Crippen LogP contribution >= 0.6 is 11.3 Å². The molecule has 0 fully saturated rings. The normalized spacial score (nSPS) is 11.3. The number of amides is 1. The van der Waals surface area contributed by atoms with Gasteiger partial charge in [-0.2, -0.15) is 0 Å². The van der Waals surface area contributed by atoms with E-state index in [0.717, 1.165) is 15.8 Å². The van der Waals surface area contributed by atoms with Gasteiger partial charge in [-0.25, -0.2) is 13.4 Å². The fourth-order valence-electron chi connectivity index (χ4n) is 2.81. The number of carbonyl (C=O) groups is 1. The number of benzene rings is 3. The van der Waals surface area contributed by atoms with Gasteiger partial charge in [0.25, 0.3) is 15.9 Å². The quantitative estimate of drug-likeness (QED) is 0.489. The van der Waals surface area contributed by atoms with Gasteiger partial charge in [0.05, 0.1) is 15.1 Å². The lowest BCUT2D eigenvalue weighted by molar-refractivity contribution is 0.102. The van der Waals surface area contributed by atoms with E-state index < -0.39 is 10.0 Å². The molecule has 0 saturated carbocycles. The molecule has 0 aliphatic rings. The number of fused-ring (bicyclic) bond motifs is 1. The van der Waals surface area contributed by atoms with Gasteiger partial charge in [0.2, 0.25) is 0 Å². The van der Waals surface area contributed by atoms with Gasteiger partial charge in [-0.3, -0.25) is 14.8 Å². The van der Waals surface area contributed by atoms with E-state index in [0.29, 0.717) is 16.4 Å². The molecule has 1 heterocycles. The molecule has 0 aliphatic carbocycles. The third-order valence-electron chi connectivity index (χ3n) is 4.29. The average Bonchev–Trinajstić information content (AvgIpc) is 3.12. The third kappa shape index (κ3) is 4.13. The molecule has 0 saturated heterocycles. The molecule has 3 aromatic carbocycles. The van der Waals surface area contributed by atoms with Crippen LogP contribution in [0, 0.1) is 6.92 Å². The molecule has 0 radical (unpaired) electrons. The van der Waals surface area contributed by atoms with Crippen molar-refractivity contribution in [1.82, 2.24) is 4.98 Å². The minimum absolute atomic E-state index is 0.0773. The first-order chi connectivity index (χ1) is 13.9. The van der Waals surface area contributed by atoms with Gasteiger partial charge in [-0.15, -0.1) is 0 Å². The number of anilines is 2. The van der Waals surface area contributed by atoms with Crippen molar-refractivity contribution in [3.8, 4) is 0 Å². The lowest BCUT2D eigenvalue weighted by Crippen LogP contribution is -2.14. The Morgan fingerprint density at radius 3 is 2.34 bits per heavy atom. The summed E-state index contributed by atoms with van der Waals surface area (Å²) in [6, 6.07) is 20.3. The van der Waals surface area contributed by atoms with Crippen LogP contribution in [0.4, 0.5) is 10.8 Å². The second-order valence-electron chi connectivity index (χ2n) is 6.39. The summed E-state index contributed by atoms with van der Waals surface area (Å²) in [6.07, 6.45) is 0. The van der Waals surface area contributed by atoms with Crippen molar-refractivity contribution in [3.63, 3.8) is 0 Å². The highest BCUT2D eigenvalue weighted by atomic mass is 32.2. The Morgan fingerprint density at radius 2 is 1.66 bits per heavy atom. The first kappa shape index (κ1) is 19.1. The molecular formula is C21H17N3O3S2. The van der Waals surface area contributed by atoms with Crippen molar-refractivity contribution in [2.24, 2.45) is 0 Å². The second kappa shape index (κ2) is 7.65. The minimum Gasteiger partial charge on any atom is -0.298 e. The lowest BCUT2D eigenvalue weighted by atomic mass is 10.2. The summed E-state index contributed by atoms with van der Waals surface area (Å²) < 4.78 is 28.5. The maximum atomic E-state index is 12.5. The molecule has 0 unspecified atom stereocenters. The Labute approximate surface area is 172 Å². The Kier molecular flexibility index (Phi) is 5.04. The highest BCUT2D eigenvalue weighted by Gasteiger charge is 2.16. The van der Waals surface area contributed by atoms with Crippen molar-refractivity contribution >= 4 is 48.3 Å². The predicted molar refractivity (Wildman–Crippen MR) is 116 cm³/mol. The summed E-state index contributed by atoms with van der Waals surface area (Å²) in [4.78, 5) is 17.1. The summed E-state index contributed by atoms with van der Waals surface area (Å²) >= 11 is 1.39. The maximum Gasteiger partial charge on any atom is 0.261 e. The van der Waals surface area contributed by atoms with E-state index in [1.54, 1.807) is 30.3 Å². The Balaban J connectivity index is 1.50. The molecule has 1 amide bonds. The third-order valence-corrected chi connectivity index (χ3v) is 6.63. The Bertz CT molecular complexity index is 1280. The summed E-state index contributed by atoms with van der Waals surface area (Å²) in [5, 5.41) is 3.28. The van der Waals surface area contributed by atoms with Crippen LogP contribution in [0.5, 0.6) is 0 Å². The lowest BCUT2D eigenvalue weighted by Gasteiger charge is -2.08. The van der Waals surface area contributed by atoms with E-state index in [4.69, 9.17) is 0 Å². The largest absolute Gasteiger partial charge is 0.298 e.